The second-order valence-electron chi connectivity index (χ2n) is 7.79. The minimum Gasteiger partial charge on any atom is -0.351 e. The minimum absolute atomic E-state index is 0.0476. The lowest BCUT2D eigenvalue weighted by atomic mass is 10.1. The van der Waals surface area contributed by atoms with Crippen LogP contribution in [0.3, 0.4) is 0 Å². The Hall–Kier alpha value is -2.64. The Bertz CT molecular complexity index is 987. The molecule has 156 valence electrons. The molecule has 0 saturated carbocycles. The molecular weight excluding hydrogens is 394 g/mol. The second-order valence-corrected chi connectivity index (χ2v) is 8.74. The fourth-order valence-corrected chi connectivity index (χ4v) is 4.45. The van der Waals surface area contributed by atoms with Crippen molar-refractivity contribution in [1.82, 2.24) is 25.0 Å². The predicted molar refractivity (Wildman–Crippen MR) is 120 cm³/mol. The summed E-state index contributed by atoms with van der Waals surface area (Å²) in [4.78, 5) is 14.8. The molecule has 2 heterocycles. The number of nitrogens with zero attached hydrogens (tertiary/aromatic N) is 4. The van der Waals surface area contributed by atoms with Gasteiger partial charge in [0, 0.05) is 38.3 Å². The molecular formula is C23H27N5OS. The predicted octanol–water partition coefficient (Wildman–Crippen LogP) is 3.27. The van der Waals surface area contributed by atoms with Gasteiger partial charge >= 0.3 is 0 Å². The van der Waals surface area contributed by atoms with Crippen molar-refractivity contribution in [2.45, 2.75) is 31.1 Å². The van der Waals surface area contributed by atoms with Crippen LogP contribution in [0.5, 0.6) is 0 Å². The molecule has 1 amide bonds. The Balaban J connectivity index is 1.26. The van der Waals surface area contributed by atoms with Gasteiger partial charge in [-0.25, -0.2) is 0 Å². The first-order chi connectivity index (χ1) is 14.6. The number of hydrogen-bond donors (Lipinski definition) is 1. The van der Waals surface area contributed by atoms with Crippen molar-refractivity contribution in [2.75, 3.05) is 18.8 Å². The van der Waals surface area contributed by atoms with E-state index >= 15 is 0 Å². The summed E-state index contributed by atoms with van der Waals surface area (Å²) in [7, 11) is 1.94. The largest absolute Gasteiger partial charge is 0.351 e. The number of carbonyl (C=O) groups is 1. The van der Waals surface area contributed by atoms with Crippen molar-refractivity contribution in [3.05, 3.63) is 65.7 Å². The number of carbonyl (C=O) groups excluding carboxylic acids is 1. The number of rotatable bonds is 7. The lowest BCUT2D eigenvalue weighted by molar-refractivity contribution is -0.119. The van der Waals surface area contributed by atoms with Crippen LogP contribution in [0.2, 0.25) is 0 Å². The molecule has 2 aromatic carbocycles. The quantitative estimate of drug-likeness (QED) is 0.593. The molecule has 0 bridgehead atoms. The van der Waals surface area contributed by atoms with Gasteiger partial charge in [-0.3, -0.25) is 9.69 Å². The van der Waals surface area contributed by atoms with E-state index in [0.29, 0.717) is 5.75 Å². The summed E-state index contributed by atoms with van der Waals surface area (Å²) >= 11 is 1.42. The van der Waals surface area contributed by atoms with Crippen LogP contribution >= 0.6 is 11.8 Å². The van der Waals surface area contributed by atoms with Crippen LogP contribution in [0.15, 0.2) is 59.8 Å². The van der Waals surface area contributed by atoms with Gasteiger partial charge < -0.3 is 9.88 Å². The first-order valence-corrected chi connectivity index (χ1v) is 11.2. The van der Waals surface area contributed by atoms with Crippen LogP contribution in [0, 0.1) is 6.92 Å². The number of aromatic nitrogens is 3. The Labute approximate surface area is 181 Å². The zero-order valence-corrected chi connectivity index (χ0v) is 18.2. The van der Waals surface area contributed by atoms with Gasteiger partial charge in [0.25, 0.3) is 0 Å². The average molecular weight is 422 g/mol. The topological polar surface area (TPSA) is 63.1 Å². The number of thioether (sulfide) groups is 1. The molecule has 7 heteroatoms. The Morgan fingerprint density at radius 1 is 1.13 bits per heavy atom. The standard InChI is InChI=1S/C23H27N5OS/c1-17-8-10-19(11-9-17)22-25-26-23(27(22)2)30-16-21(29)24-20-12-13-28(15-20)14-18-6-4-3-5-7-18/h3-11,20H,12-16H2,1-2H3,(H,24,29). The number of hydrogen-bond acceptors (Lipinski definition) is 5. The maximum atomic E-state index is 12.5. The van der Waals surface area contributed by atoms with Crippen LogP contribution in [0.4, 0.5) is 0 Å². The van der Waals surface area contributed by atoms with Gasteiger partial charge in [0.05, 0.1) is 5.75 Å². The van der Waals surface area contributed by atoms with E-state index < -0.39 is 0 Å². The Morgan fingerprint density at radius 2 is 1.90 bits per heavy atom. The number of aryl methyl sites for hydroxylation is 1. The van der Waals surface area contributed by atoms with E-state index in [1.165, 1.54) is 22.9 Å². The normalized spacial score (nSPS) is 16.7. The van der Waals surface area contributed by atoms with E-state index in [0.717, 1.165) is 42.6 Å². The zero-order valence-electron chi connectivity index (χ0n) is 17.4. The van der Waals surface area contributed by atoms with E-state index in [-0.39, 0.29) is 11.9 Å². The van der Waals surface area contributed by atoms with Crippen molar-refractivity contribution in [3.63, 3.8) is 0 Å². The van der Waals surface area contributed by atoms with Gasteiger partial charge in [0.1, 0.15) is 0 Å². The lowest BCUT2D eigenvalue weighted by Gasteiger charge is -2.16. The van der Waals surface area contributed by atoms with E-state index in [1.54, 1.807) is 0 Å². The number of benzene rings is 2. The van der Waals surface area contributed by atoms with Gasteiger partial charge in [-0.2, -0.15) is 0 Å². The molecule has 1 N–H and O–H groups in total. The molecule has 30 heavy (non-hydrogen) atoms. The van der Waals surface area contributed by atoms with E-state index in [4.69, 9.17) is 0 Å². The summed E-state index contributed by atoms with van der Waals surface area (Å²) in [5.41, 5.74) is 3.55. The van der Waals surface area contributed by atoms with E-state index in [1.807, 2.05) is 29.8 Å². The van der Waals surface area contributed by atoms with Crippen molar-refractivity contribution in [2.24, 2.45) is 7.05 Å². The monoisotopic (exact) mass is 421 g/mol. The van der Waals surface area contributed by atoms with Crippen LogP contribution in [0.1, 0.15) is 17.5 Å². The SMILES string of the molecule is Cc1ccc(-c2nnc(SCC(=O)NC3CCN(Cc4ccccc4)C3)n2C)cc1. The smallest absolute Gasteiger partial charge is 0.230 e. The summed E-state index contributed by atoms with van der Waals surface area (Å²) in [5, 5.41) is 12.5. The molecule has 0 spiro atoms. The summed E-state index contributed by atoms with van der Waals surface area (Å²) < 4.78 is 1.94. The van der Waals surface area contributed by atoms with Crippen molar-refractivity contribution in [3.8, 4) is 11.4 Å². The Kier molecular flexibility index (Phi) is 6.50. The minimum atomic E-state index is 0.0476. The molecule has 1 saturated heterocycles. The highest BCUT2D eigenvalue weighted by Gasteiger charge is 2.24. The third-order valence-electron chi connectivity index (χ3n) is 5.36. The number of amides is 1. The lowest BCUT2D eigenvalue weighted by Crippen LogP contribution is -2.38. The molecule has 1 aromatic heterocycles. The summed E-state index contributed by atoms with van der Waals surface area (Å²) in [6.45, 7) is 4.90. The number of nitrogens with one attached hydrogen (secondary N) is 1. The Morgan fingerprint density at radius 3 is 2.67 bits per heavy atom. The summed E-state index contributed by atoms with van der Waals surface area (Å²) in [6.07, 6.45) is 0.991. The van der Waals surface area contributed by atoms with Gasteiger partial charge in [0.15, 0.2) is 11.0 Å². The zero-order chi connectivity index (χ0) is 20.9. The first kappa shape index (κ1) is 20.6. The molecule has 1 fully saturated rings. The van der Waals surface area contributed by atoms with Gasteiger partial charge in [-0.15, -0.1) is 10.2 Å². The maximum Gasteiger partial charge on any atom is 0.230 e. The van der Waals surface area contributed by atoms with E-state index in [2.05, 4.69) is 63.7 Å². The highest BCUT2D eigenvalue weighted by Crippen LogP contribution is 2.23. The molecule has 0 radical (unpaired) electrons. The van der Waals surface area contributed by atoms with Crippen molar-refractivity contribution < 1.29 is 4.79 Å². The molecule has 1 aliphatic heterocycles. The van der Waals surface area contributed by atoms with E-state index in [9.17, 15) is 4.79 Å². The van der Waals surface area contributed by atoms with Gasteiger partial charge in [-0.05, 0) is 18.9 Å². The molecule has 1 aliphatic rings. The molecule has 1 unspecified atom stereocenters. The highest BCUT2D eigenvalue weighted by molar-refractivity contribution is 7.99. The van der Waals surface area contributed by atoms with Gasteiger partial charge in [-0.1, -0.05) is 71.9 Å². The van der Waals surface area contributed by atoms with Crippen molar-refractivity contribution >= 4 is 17.7 Å². The van der Waals surface area contributed by atoms with Crippen LogP contribution in [0.25, 0.3) is 11.4 Å². The summed E-state index contributed by atoms with van der Waals surface area (Å²) in [5.74, 6) is 1.20. The van der Waals surface area contributed by atoms with Crippen molar-refractivity contribution in [1.29, 1.82) is 0 Å². The maximum absolute atomic E-state index is 12.5. The van der Waals surface area contributed by atoms with Gasteiger partial charge in [0.2, 0.25) is 5.91 Å². The van der Waals surface area contributed by atoms with Crippen LogP contribution in [-0.4, -0.2) is 50.5 Å². The average Bonchev–Trinajstić information content (AvgIpc) is 3.34. The summed E-state index contributed by atoms with van der Waals surface area (Å²) in [6, 6.07) is 18.9. The highest BCUT2D eigenvalue weighted by atomic mass is 32.2. The fraction of sp³-hybridized carbons (Fsp3) is 0.348. The second kappa shape index (κ2) is 9.45. The molecule has 0 aliphatic carbocycles. The molecule has 1 atom stereocenters. The van der Waals surface area contributed by atoms with Crippen LogP contribution < -0.4 is 5.32 Å². The third kappa shape index (κ3) is 5.09. The first-order valence-electron chi connectivity index (χ1n) is 10.2. The fourth-order valence-electron chi connectivity index (χ4n) is 3.73. The molecule has 6 nitrogen and oxygen atoms in total. The number of likely N-dealkylation sites (tertiary alicyclic amines) is 1. The van der Waals surface area contributed by atoms with Crippen LogP contribution in [-0.2, 0) is 18.4 Å². The third-order valence-corrected chi connectivity index (χ3v) is 6.38. The molecule has 3 aromatic rings. The molecule has 4 rings (SSSR count).